The average molecular weight is 383 g/mol. The van der Waals surface area contributed by atoms with Crippen LogP contribution in [0.1, 0.15) is 39.2 Å². The lowest BCUT2D eigenvalue weighted by Gasteiger charge is -2.64. The molecule has 2 bridgehead atoms. The van der Waals surface area contributed by atoms with Gasteiger partial charge in [-0.25, -0.2) is 4.79 Å². The monoisotopic (exact) mass is 383 g/mol. The number of rotatable bonds is 4. The van der Waals surface area contributed by atoms with Crippen molar-refractivity contribution in [2.24, 2.45) is 17.3 Å². The SMILES string of the molecule is CC1(C)[C@@H]2C[C@H]3OB([C@H](Cc4coc5ccccc45)NC(=O)O)O[C@@]3(C)[C@H]1C2. The van der Waals surface area contributed by atoms with Crippen LogP contribution in [0.3, 0.4) is 0 Å². The Bertz CT molecular complexity index is 926. The van der Waals surface area contributed by atoms with Gasteiger partial charge in [-0.2, -0.15) is 0 Å². The van der Waals surface area contributed by atoms with Gasteiger partial charge in [0, 0.05) is 5.39 Å². The Balaban J connectivity index is 1.41. The Hall–Kier alpha value is -1.99. The second-order valence-electron chi connectivity index (χ2n) is 9.35. The smallest absolute Gasteiger partial charge is 0.465 e. The fraction of sp³-hybridized carbons (Fsp3) is 0.571. The van der Waals surface area contributed by atoms with Gasteiger partial charge in [0.15, 0.2) is 0 Å². The normalized spacial score (nSPS) is 34.0. The van der Waals surface area contributed by atoms with Crippen molar-refractivity contribution in [1.29, 1.82) is 0 Å². The first-order valence-corrected chi connectivity index (χ1v) is 10.1. The molecule has 2 aromatic rings. The molecule has 1 amide bonds. The van der Waals surface area contributed by atoms with E-state index in [0.29, 0.717) is 18.3 Å². The molecule has 1 saturated heterocycles. The molecular weight excluding hydrogens is 357 g/mol. The molecular formula is C21H26BNO5. The van der Waals surface area contributed by atoms with E-state index in [4.69, 9.17) is 13.7 Å². The molecule has 148 valence electrons. The van der Waals surface area contributed by atoms with Gasteiger partial charge in [-0.3, -0.25) is 0 Å². The fourth-order valence-electron chi connectivity index (χ4n) is 5.87. The quantitative estimate of drug-likeness (QED) is 0.784. The zero-order chi connectivity index (χ0) is 19.7. The first-order chi connectivity index (χ1) is 13.3. The molecule has 7 heteroatoms. The molecule has 3 saturated carbocycles. The molecule has 0 radical (unpaired) electrons. The number of carboxylic acid groups (broad SMARTS) is 1. The molecule has 1 aromatic heterocycles. The molecule has 5 atom stereocenters. The Morgan fingerprint density at radius 3 is 2.86 bits per heavy atom. The first kappa shape index (κ1) is 18.1. The van der Waals surface area contributed by atoms with Crippen LogP contribution in [0.15, 0.2) is 34.9 Å². The molecule has 6 nitrogen and oxygen atoms in total. The number of nitrogens with one attached hydrogen (secondary N) is 1. The van der Waals surface area contributed by atoms with Crippen molar-refractivity contribution in [3.05, 3.63) is 36.1 Å². The summed E-state index contributed by atoms with van der Waals surface area (Å²) in [6, 6.07) is 7.77. The highest BCUT2D eigenvalue weighted by atomic mass is 16.7. The Morgan fingerprint density at radius 1 is 1.32 bits per heavy atom. The number of benzene rings is 1. The topological polar surface area (TPSA) is 80.9 Å². The summed E-state index contributed by atoms with van der Waals surface area (Å²) in [7, 11) is -0.602. The van der Waals surface area contributed by atoms with E-state index < -0.39 is 19.2 Å². The molecule has 3 aliphatic carbocycles. The number of fused-ring (bicyclic) bond motifs is 1. The molecule has 1 aromatic carbocycles. The van der Waals surface area contributed by atoms with E-state index in [1.54, 1.807) is 6.26 Å². The number of para-hydroxylation sites is 1. The van der Waals surface area contributed by atoms with Gasteiger partial charge in [0.05, 0.1) is 23.9 Å². The summed E-state index contributed by atoms with van der Waals surface area (Å²) in [5, 5.41) is 13.0. The van der Waals surface area contributed by atoms with Gasteiger partial charge in [-0.05, 0) is 55.1 Å². The van der Waals surface area contributed by atoms with Crippen molar-refractivity contribution < 1.29 is 23.6 Å². The van der Waals surface area contributed by atoms with E-state index in [9.17, 15) is 9.90 Å². The van der Waals surface area contributed by atoms with Crippen molar-refractivity contribution in [2.75, 3.05) is 0 Å². The number of hydrogen-bond acceptors (Lipinski definition) is 4. The summed E-state index contributed by atoms with van der Waals surface area (Å²) in [5.74, 6) is 0.594. The van der Waals surface area contributed by atoms with E-state index in [1.165, 1.54) is 6.42 Å². The van der Waals surface area contributed by atoms with Crippen LogP contribution < -0.4 is 5.32 Å². The maximum atomic E-state index is 11.5. The summed E-state index contributed by atoms with van der Waals surface area (Å²) in [6.07, 6.45) is 3.24. The maximum Gasteiger partial charge on any atom is 0.482 e. The molecule has 0 spiro atoms. The third-order valence-electron chi connectivity index (χ3n) is 7.61. The van der Waals surface area contributed by atoms with Crippen molar-refractivity contribution >= 4 is 24.2 Å². The third-order valence-corrected chi connectivity index (χ3v) is 7.61. The van der Waals surface area contributed by atoms with Crippen LogP contribution in [0.5, 0.6) is 0 Å². The van der Waals surface area contributed by atoms with Crippen LogP contribution in [-0.4, -0.2) is 36.0 Å². The maximum absolute atomic E-state index is 11.5. The number of hydrogen-bond donors (Lipinski definition) is 2. The van der Waals surface area contributed by atoms with Gasteiger partial charge >= 0.3 is 13.2 Å². The third kappa shape index (κ3) is 2.52. The zero-order valence-electron chi connectivity index (χ0n) is 16.5. The predicted molar refractivity (Wildman–Crippen MR) is 105 cm³/mol. The predicted octanol–water partition coefficient (Wildman–Crippen LogP) is 3.88. The minimum absolute atomic E-state index is 0.0217. The van der Waals surface area contributed by atoms with Crippen molar-refractivity contribution in [1.82, 2.24) is 5.32 Å². The minimum atomic E-state index is -1.07. The zero-order valence-corrected chi connectivity index (χ0v) is 16.5. The second kappa shape index (κ2) is 6.00. The minimum Gasteiger partial charge on any atom is -0.465 e. The Morgan fingerprint density at radius 2 is 2.11 bits per heavy atom. The van der Waals surface area contributed by atoms with Crippen LogP contribution in [0.2, 0.25) is 0 Å². The summed E-state index contributed by atoms with van der Waals surface area (Å²) in [4.78, 5) is 11.5. The standard InChI is InChI=1S/C21H26BNO5/c1-20(2)13-9-16(20)21(3)17(10-13)27-22(28-21)18(23-19(24)25)8-12-11-26-15-7-5-4-6-14(12)15/h4-7,11,13,16-18,23H,8-10H2,1-3H3,(H,24,25)/t13-,16-,17+,18-,21-/m0/s1. The second-order valence-corrected chi connectivity index (χ2v) is 9.35. The molecule has 28 heavy (non-hydrogen) atoms. The van der Waals surface area contributed by atoms with Crippen molar-refractivity contribution in [3.63, 3.8) is 0 Å². The number of furan rings is 1. The van der Waals surface area contributed by atoms with Crippen molar-refractivity contribution in [3.8, 4) is 0 Å². The van der Waals surface area contributed by atoms with Gasteiger partial charge in [-0.1, -0.05) is 32.0 Å². The average Bonchev–Trinajstić information content (AvgIpc) is 3.21. The Labute approximate surface area is 164 Å². The van der Waals surface area contributed by atoms with Crippen LogP contribution in [0.4, 0.5) is 4.79 Å². The fourth-order valence-corrected chi connectivity index (χ4v) is 5.87. The summed E-state index contributed by atoms with van der Waals surface area (Å²) >= 11 is 0. The van der Waals surface area contributed by atoms with Gasteiger partial charge in [0.1, 0.15) is 5.58 Å². The summed E-state index contributed by atoms with van der Waals surface area (Å²) in [5.41, 5.74) is 1.63. The number of carbonyl (C=O) groups is 1. The van der Waals surface area contributed by atoms with E-state index in [2.05, 4.69) is 26.1 Å². The van der Waals surface area contributed by atoms with Crippen LogP contribution in [-0.2, 0) is 15.7 Å². The molecule has 4 aliphatic rings. The van der Waals surface area contributed by atoms with Crippen LogP contribution in [0, 0.1) is 17.3 Å². The highest BCUT2D eigenvalue weighted by Gasteiger charge is 2.68. The van der Waals surface area contributed by atoms with E-state index in [1.807, 2.05) is 24.3 Å². The lowest BCUT2D eigenvalue weighted by Crippen LogP contribution is -2.65. The van der Waals surface area contributed by atoms with E-state index in [0.717, 1.165) is 23.0 Å². The van der Waals surface area contributed by atoms with Crippen LogP contribution in [0.25, 0.3) is 11.0 Å². The molecule has 2 heterocycles. The lowest BCUT2D eigenvalue weighted by atomic mass is 9.43. The summed E-state index contributed by atoms with van der Waals surface area (Å²) < 4.78 is 18.4. The van der Waals surface area contributed by atoms with E-state index >= 15 is 0 Å². The Kier molecular flexibility index (Phi) is 3.88. The molecule has 1 aliphatic heterocycles. The van der Waals surface area contributed by atoms with E-state index in [-0.39, 0.29) is 17.1 Å². The summed E-state index contributed by atoms with van der Waals surface area (Å²) in [6.45, 7) is 6.77. The van der Waals surface area contributed by atoms with Crippen molar-refractivity contribution in [2.45, 2.75) is 57.7 Å². The molecule has 0 unspecified atom stereocenters. The lowest BCUT2D eigenvalue weighted by molar-refractivity contribution is -0.199. The van der Waals surface area contributed by atoms with Gasteiger partial charge < -0.3 is 24.1 Å². The largest absolute Gasteiger partial charge is 0.482 e. The molecule has 6 rings (SSSR count). The highest BCUT2D eigenvalue weighted by molar-refractivity contribution is 6.48. The van der Waals surface area contributed by atoms with Gasteiger partial charge in [0.2, 0.25) is 0 Å². The number of amides is 1. The highest BCUT2D eigenvalue weighted by Crippen LogP contribution is 2.65. The molecule has 2 N–H and O–H groups in total. The van der Waals surface area contributed by atoms with Gasteiger partial charge in [0.25, 0.3) is 0 Å². The molecule has 4 fully saturated rings. The van der Waals surface area contributed by atoms with Gasteiger partial charge in [-0.15, -0.1) is 0 Å². The first-order valence-electron chi connectivity index (χ1n) is 10.1. The van der Waals surface area contributed by atoms with Crippen LogP contribution >= 0.6 is 0 Å².